The zero-order chi connectivity index (χ0) is 13.2. The summed E-state index contributed by atoms with van der Waals surface area (Å²) in [4.78, 5) is 2.36. The summed E-state index contributed by atoms with van der Waals surface area (Å²) in [6, 6.07) is 0. The smallest absolute Gasteiger partial charge is 0.220 e. The van der Waals surface area contributed by atoms with Gasteiger partial charge in [0.2, 0.25) is 10.0 Å². The molecular formula is C12H25N3O2S. The lowest BCUT2D eigenvalue weighted by atomic mass is 10.2. The van der Waals surface area contributed by atoms with Crippen LogP contribution in [0.15, 0.2) is 0 Å². The summed E-state index contributed by atoms with van der Waals surface area (Å²) in [5, 5.41) is 3.22. The maximum Gasteiger partial charge on any atom is 0.220 e. The molecule has 0 aliphatic carbocycles. The highest BCUT2D eigenvalue weighted by Crippen LogP contribution is 2.22. The van der Waals surface area contributed by atoms with E-state index in [1.165, 1.54) is 12.8 Å². The summed E-state index contributed by atoms with van der Waals surface area (Å²) in [7, 11) is -3.19. The molecule has 6 heteroatoms. The van der Waals surface area contributed by atoms with E-state index in [4.69, 9.17) is 0 Å². The van der Waals surface area contributed by atoms with Gasteiger partial charge in [0.1, 0.15) is 0 Å². The number of sulfonamides is 1. The van der Waals surface area contributed by atoms with E-state index in [0.29, 0.717) is 19.6 Å². The first-order valence-electron chi connectivity index (χ1n) is 6.86. The van der Waals surface area contributed by atoms with Gasteiger partial charge in [-0.2, -0.15) is 4.31 Å². The fourth-order valence-corrected chi connectivity index (χ4v) is 4.28. The minimum Gasteiger partial charge on any atom is -0.314 e. The molecular weight excluding hydrogens is 250 g/mol. The minimum atomic E-state index is -3.19. The molecule has 2 saturated heterocycles. The molecule has 0 radical (unpaired) electrons. The summed E-state index contributed by atoms with van der Waals surface area (Å²) in [6.45, 7) is 9.25. The fourth-order valence-electron chi connectivity index (χ4n) is 2.65. The van der Waals surface area contributed by atoms with Crippen molar-refractivity contribution >= 4 is 10.0 Å². The van der Waals surface area contributed by atoms with Gasteiger partial charge in [-0.3, -0.25) is 0 Å². The van der Waals surface area contributed by atoms with Crippen LogP contribution in [0.5, 0.6) is 0 Å². The summed E-state index contributed by atoms with van der Waals surface area (Å²) in [6.07, 6.45) is 2.50. The number of hydrogen-bond donors (Lipinski definition) is 1. The van der Waals surface area contributed by atoms with Crippen molar-refractivity contribution in [1.82, 2.24) is 14.5 Å². The molecule has 2 aliphatic heterocycles. The van der Waals surface area contributed by atoms with E-state index in [1.807, 2.05) is 13.8 Å². The van der Waals surface area contributed by atoms with Gasteiger partial charge in [0.25, 0.3) is 0 Å². The number of likely N-dealkylation sites (tertiary alicyclic amines) is 1. The number of nitrogens with zero attached hydrogens (tertiary/aromatic N) is 2. The molecule has 5 nitrogen and oxygen atoms in total. The van der Waals surface area contributed by atoms with Crippen LogP contribution in [0.1, 0.15) is 26.7 Å². The Morgan fingerprint density at radius 3 is 2.44 bits per heavy atom. The quantitative estimate of drug-likeness (QED) is 0.793. The van der Waals surface area contributed by atoms with Gasteiger partial charge in [-0.25, -0.2) is 8.42 Å². The van der Waals surface area contributed by atoms with E-state index in [2.05, 4.69) is 10.2 Å². The van der Waals surface area contributed by atoms with Crippen LogP contribution in [-0.4, -0.2) is 68.2 Å². The summed E-state index contributed by atoms with van der Waals surface area (Å²) in [5.74, 6) is 0. The van der Waals surface area contributed by atoms with Crippen molar-refractivity contribution in [3.05, 3.63) is 0 Å². The third kappa shape index (κ3) is 2.87. The van der Waals surface area contributed by atoms with Crippen LogP contribution < -0.4 is 5.32 Å². The maximum absolute atomic E-state index is 12.5. The van der Waals surface area contributed by atoms with E-state index < -0.39 is 14.8 Å². The highest BCUT2D eigenvalue weighted by Gasteiger charge is 2.40. The number of rotatable bonds is 3. The maximum atomic E-state index is 12.5. The van der Waals surface area contributed by atoms with E-state index in [-0.39, 0.29) is 0 Å². The van der Waals surface area contributed by atoms with Gasteiger partial charge in [-0.05, 0) is 39.8 Å². The predicted octanol–water partition coefficient (Wildman–Crippen LogP) is 0.0958. The molecule has 0 bridgehead atoms. The van der Waals surface area contributed by atoms with E-state index >= 15 is 0 Å². The normalized spacial score (nSPS) is 29.2. The van der Waals surface area contributed by atoms with Gasteiger partial charge < -0.3 is 10.2 Å². The molecule has 2 aliphatic rings. The highest BCUT2D eigenvalue weighted by molar-refractivity contribution is 7.90. The molecule has 0 aromatic rings. The second kappa shape index (κ2) is 5.45. The van der Waals surface area contributed by atoms with Crippen LogP contribution in [0.2, 0.25) is 0 Å². The topological polar surface area (TPSA) is 52.6 Å². The van der Waals surface area contributed by atoms with Crippen LogP contribution in [0.3, 0.4) is 0 Å². The Labute approximate surface area is 111 Å². The third-order valence-corrected chi connectivity index (χ3v) is 6.58. The second-order valence-electron chi connectivity index (χ2n) is 5.89. The SMILES string of the molecule is CC1(C)CNCCN(CCN2CCCC2)S1(=O)=O. The zero-order valence-corrected chi connectivity index (χ0v) is 12.3. The first kappa shape index (κ1) is 14.2. The summed E-state index contributed by atoms with van der Waals surface area (Å²) in [5.41, 5.74) is 0. The van der Waals surface area contributed by atoms with Crippen molar-refractivity contribution in [1.29, 1.82) is 0 Å². The summed E-state index contributed by atoms with van der Waals surface area (Å²) < 4.78 is 26.0. The van der Waals surface area contributed by atoms with Crippen molar-refractivity contribution in [2.24, 2.45) is 0 Å². The predicted molar refractivity (Wildman–Crippen MR) is 73.1 cm³/mol. The molecule has 1 N–H and O–H groups in total. The van der Waals surface area contributed by atoms with E-state index in [1.54, 1.807) is 4.31 Å². The van der Waals surface area contributed by atoms with Gasteiger partial charge in [-0.1, -0.05) is 0 Å². The minimum absolute atomic E-state index is 0.537. The van der Waals surface area contributed by atoms with Crippen LogP contribution in [-0.2, 0) is 10.0 Å². The van der Waals surface area contributed by atoms with Gasteiger partial charge in [0.05, 0.1) is 4.75 Å². The first-order valence-corrected chi connectivity index (χ1v) is 8.30. The Balaban J connectivity index is 2.00. The van der Waals surface area contributed by atoms with E-state index in [0.717, 1.165) is 26.2 Å². The Morgan fingerprint density at radius 1 is 1.11 bits per heavy atom. The van der Waals surface area contributed by atoms with Crippen LogP contribution >= 0.6 is 0 Å². The zero-order valence-electron chi connectivity index (χ0n) is 11.5. The van der Waals surface area contributed by atoms with Gasteiger partial charge >= 0.3 is 0 Å². The Kier molecular flexibility index (Phi) is 4.31. The molecule has 2 fully saturated rings. The highest BCUT2D eigenvalue weighted by atomic mass is 32.2. The molecule has 2 rings (SSSR count). The molecule has 18 heavy (non-hydrogen) atoms. The molecule has 106 valence electrons. The van der Waals surface area contributed by atoms with Crippen molar-refractivity contribution in [3.8, 4) is 0 Å². The lowest BCUT2D eigenvalue weighted by molar-refractivity contribution is 0.295. The average molecular weight is 275 g/mol. The largest absolute Gasteiger partial charge is 0.314 e. The standard InChI is InChI=1S/C12H25N3O2S/c1-12(2)11-13-5-8-15(18(12,16)17)10-9-14-6-3-4-7-14/h13H,3-11H2,1-2H3. The van der Waals surface area contributed by atoms with Gasteiger partial charge in [0, 0.05) is 32.7 Å². The lowest BCUT2D eigenvalue weighted by Crippen LogP contribution is -2.48. The van der Waals surface area contributed by atoms with Crippen LogP contribution in [0.25, 0.3) is 0 Å². The van der Waals surface area contributed by atoms with Gasteiger partial charge in [-0.15, -0.1) is 0 Å². The van der Waals surface area contributed by atoms with Crippen molar-refractivity contribution in [2.75, 3.05) is 45.8 Å². The first-order chi connectivity index (χ1) is 8.43. The number of nitrogens with one attached hydrogen (secondary N) is 1. The van der Waals surface area contributed by atoms with Crippen molar-refractivity contribution in [3.63, 3.8) is 0 Å². The number of hydrogen-bond acceptors (Lipinski definition) is 4. The molecule has 0 atom stereocenters. The molecule has 0 aromatic heterocycles. The summed E-state index contributed by atoms with van der Waals surface area (Å²) >= 11 is 0. The Bertz CT molecular complexity index is 375. The van der Waals surface area contributed by atoms with Crippen LogP contribution in [0.4, 0.5) is 0 Å². The average Bonchev–Trinajstić information content (AvgIpc) is 2.76. The molecule has 0 spiro atoms. The molecule has 0 amide bonds. The molecule has 0 aromatic carbocycles. The monoisotopic (exact) mass is 275 g/mol. The Morgan fingerprint density at radius 2 is 1.78 bits per heavy atom. The van der Waals surface area contributed by atoms with Crippen molar-refractivity contribution < 1.29 is 8.42 Å². The fraction of sp³-hybridized carbons (Fsp3) is 1.00. The van der Waals surface area contributed by atoms with Crippen LogP contribution in [0, 0.1) is 0 Å². The van der Waals surface area contributed by atoms with E-state index in [9.17, 15) is 8.42 Å². The lowest BCUT2D eigenvalue weighted by Gasteiger charge is -2.30. The Hall–Kier alpha value is -0.170. The second-order valence-corrected chi connectivity index (χ2v) is 8.46. The molecule has 2 heterocycles. The molecule has 0 saturated carbocycles. The third-order valence-electron chi connectivity index (χ3n) is 3.99. The molecule has 0 unspecified atom stereocenters. The van der Waals surface area contributed by atoms with Gasteiger partial charge in [0.15, 0.2) is 0 Å². The van der Waals surface area contributed by atoms with Crippen molar-refractivity contribution in [2.45, 2.75) is 31.4 Å².